The number of nitrogens with zero attached hydrogens (tertiary/aromatic N) is 5. The number of carbonyl (C=O) groups excluding carboxylic acids is 1. The van der Waals surface area contributed by atoms with Crippen molar-refractivity contribution in [2.75, 3.05) is 7.11 Å². The van der Waals surface area contributed by atoms with E-state index >= 15 is 0 Å². The molecule has 3 heterocycles. The fraction of sp³-hybridized carbons (Fsp3) is 0.143. The van der Waals surface area contributed by atoms with Crippen LogP contribution in [0.5, 0.6) is 0 Å². The Morgan fingerprint density at radius 2 is 2.10 bits per heavy atom. The van der Waals surface area contributed by atoms with Crippen molar-refractivity contribution in [2.45, 2.75) is 0 Å². The molecule has 0 aliphatic rings. The van der Waals surface area contributed by atoms with Crippen molar-refractivity contribution in [2.24, 2.45) is 7.05 Å². The van der Waals surface area contributed by atoms with E-state index in [-0.39, 0.29) is 5.97 Å². The van der Waals surface area contributed by atoms with E-state index in [4.69, 9.17) is 4.74 Å². The molecule has 0 aliphatic heterocycles. The van der Waals surface area contributed by atoms with E-state index in [0.717, 1.165) is 22.2 Å². The first-order chi connectivity index (χ1) is 10.2. The first-order valence-corrected chi connectivity index (χ1v) is 6.42. The van der Waals surface area contributed by atoms with Crippen LogP contribution in [-0.4, -0.2) is 32.4 Å². The van der Waals surface area contributed by atoms with Gasteiger partial charge >= 0.3 is 11.6 Å². The lowest BCUT2D eigenvalue weighted by atomic mass is 10.2. The number of rotatable bonds is 1. The summed E-state index contributed by atoms with van der Waals surface area (Å²) in [6.07, 6.45) is 5.28. The predicted molar refractivity (Wildman–Crippen MR) is 74.0 cm³/mol. The third kappa shape index (κ3) is 1.48. The highest BCUT2D eigenvalue weighted by molar-refractivity contribution is 5.93. The fourth-order valence-corrected chi connectivity index (χ4v) is 2.60. The van der Waals surface area contributed by atoms with Gasteiger partial charge in [0.1, 0.15) is 11.7 Å². The molecule has 21 heavy (non-hydrogen) atoms. The van der Waals surface area contributed by atoms with Crippen molar-refractivity contribution >= 4 is 28.2 Å². The minimum absolute atomic E-state index is 0.358. The minimum atomic E-state index is -0.358. The summed E-state index contributed by atoms with van der Waals surface area (Å²) in [5, 5.41) is 1.01. The Morgan fingerprint density at radius 3 is 2.90 bits per heavy atom. The van der Waals surface area contributed by atoms with Crippen LogP contribution in [0, 0.1) is 0 Å². The number of hydrogen-bond acceptors (Lipinski definition) is 4. The van der Waals surface area contributed by atoms with Crippen LogP contribution in [0.15, 0.2) is 36.8 Å². The molecule has 7 heteroatoms. The van der Waals surface area contributed by atoms with Gasteiger partial charge in [-0.1, -0.05) is 4.63 Å². The third-order valence-electron chi connectivity index (χ3n) is 3.61. The fourth-order valence-electron chi connectivity index (χ4n) is 2.60. The van der Waals surface area contributed by atoms with Gasteiger partial charge in [-0.2, -0.15) is 4.68 Å². The van der Waals surface area contributed by atoms with Gasteiger partial charge in [-0.3, -0.25) is 0 Å². The van der Waals surface area contributed by atoms with E-state index in [1.165, 1.54) is 7.11 Å². The molecule has 0 saturated heterocycles. The summed E-state index contributed by atoms with van der Waals surface area (Å²) in [6.45, 7) is 0. The summed E-state index contributed by atoms with van der Waals surface area (Å²) in [5.41, 5.74) is 2.88. The second kappa shape index (κ2) is 4.02. The van der Waals surface area contributed by atoms with E-state index in [1.54, 1.807) is 24.5 Å². The van der Waals surface area contributed by atoms with Crippen LogP contribution in [0.4, 0.5) is 0 Å². The van der Waals surface area contributed by atoms with Gasteiger partial charge in [0, 0.05) is 5.39 Å². The smallest absolute Gasteiger partial charge is 0.346 e. The van der Waals surface area contributed by atoms with Crippen molar-refractivity contribution in [1.82, 2.24) is 19.3 Å². The molecule has 0 spiro atoms. The Morgan fingerprint density at radius 1 is 1.29 bits per heavy atom. The molecular weight excluding hydrogens is 270 g/mol. The van der Waals surface area contributed by atoms with Gasteiger partial charge < -0.3 is 4.74 Å². The highest BCUT2D eigenvalue weighted by atomic mass is 16.5. The van der Waals surface area contributed by atoms with Crippen molar-refractivity contribution in [3.8, 4) is 0 Å². The molecule has 0 fully saturated rings. The molecule has 104 valence electrons. The maximum Gasteiger partial charge on any atom is 0.346 e. The third-order valence-corrected chi connectivity index (χ3v) is 3.61. The number of carbonyl (C=O) groups is 1. The average molecular weight is 282 g/mol. The number of benzene rings is 1. The highest BCUT2D eigenvalue weighted by Gasteiger charge is 2.21. The lowest BCUT2D eigenvalue weighted by molar-refractivity contribution is -0.571. The van der Waals surface area contributed by atoms with Gasteiger partial charge in [0.05, 0.1) is 32.1 Å². The average Bonchev–Trinajstić information content (AvgIpc) is 3.03. The predicted octanol–water partition coefficient (Wildman–Crippen LogP) is 0.746. The number of aryl methyl sites for hydroxylation is 1. The molecule has 1 aromatic carbocycles. The maximum atomic E-state index is 11.7. The molecule has 0 amide bonds. The van der Waals surface area contributed by atoms with Crippen molar-refractivity contribution in [3.05, 3.63) is 42.4 Å². The number of fused-ring (bicyclic) bond motifs is 5. The molecule has 0 N–H and O–H groups in total. The molecule has 0 saturated carbocycles. The van der Waals surface area contributed by atoms with E-state index < -0.39 is 0 Å². The minimum Gasteiger partial charge on any atom is -0.465 e. The van der Waals surface area contributed by atoms with Crippen LogP contribution in [0.2, 0.25) is 0 Å². The molecule has 3 aromatic heterocycles. The summed E-state index contributed by atoms with van der Waals surface area (Å²) in [4.78, 5) is 20.4. The second-order valence-corrected chi connectivity index (χ2v) is 4.75. The summed E-state index contributed by atoms with van der Waals surface area (Å²) < 4.78 is 10.5. The van der Waals surface area contributed by atoms with Gasteiger partial charge in [0.25, 0.3) is 5.65 Å². The van der Waals surface area contributed by atoms with Gasteiger partial charge in [0.15, 0.2) is 0 Å². The Labute approximate surface area is 119 Å². The Balaban J connectivity index is 2.18. The van der Waals surface area contributed by atoms with Crippen LogP contribution in [0.3, 0.4) is 0 Å². The van der Waals surface area contributed by atoms with Gasteiger partial charge in [0.2, 0.25) is 0 Å². The summed E-state index contributed by atoms with van der Waals surface area (Å²) in [6, 6.07) is 5.45. The van der Waals surface area contributed by atoms with Crippen LogP contribution in [0.1, 0.15) is 10.4 Å². The number of ether oxygens (including phenoxy) is 1. The summed E-state index contributed by atoms with van der Waals surface area (Å²) in [5.74, 6) is -0.358. The van der Waals surface area contributed by atoms with Crippen molar-refractivity contribution in [1.29, 1.82) is 0 Å². The molecule has 7 nitrogen and oxygen atoms in total. The molecule has 0 unspecified atom stereocenters. The zero-order valence-corrected chi connectivity index (χ0v) is 11.5. The second-order valence-electron chi connectivity index (χ2n) is 4.75. The number of hydrogen-bond donors (Lipinski definition) is 0. The molecule has 0 bridgehead atoms. The quantitative estimate of drug-likeness (QED) is 0.381. The monoisotopic (exact) mass is 282 g/mol. The molecule has 0 aliphatic carbocycles. The van der Waals surface area contributed by atoms with E-state index in [2.05, 4.69) is 9.97 Å². The summed E-state index contributed by atoms with van der Waals surface area (Å²) >= 11 is 0. The molecule has 0 atom stereocenters. The largest absolute Gasteiger partial charge is 0.465 e. The standard InChI is InChI=1S/C14H12N5O2/c1-17-12-13(16-6-5-15-12)19-11-7-9(14(20)21-2)3-4-10(11)8-18(17)19/h3-8H,1-2H3/q+1. The van der Waals surface area contributed by atoms with Gasteiger partial charge in [-0.15, -0.1) is 9.50 Å². The van der Waals surface area contributed by atoms with Gasteiger partial charge in [-0.05, 0) is 18.2 Å². The maximum absolute atomic E-state index is 11.7. The lowest BCUT2D eigenvalue weighted by Gasteiger charge is -1.97. The van der Waals surface area contributed by atoms with Crippen LogP contribution in [0.25, 0.3) is 22.2 Å². The van der Waals surface area contributed by atoms with Gasteiger partial charge in [-0.25, -0.2) is 9.78 Å². The zero-order chi connectivity index (χ0) is 14.6. The zero-order valence-electron chi connectivity index (χ0n) is 11.5. The van der Waals surface area contributed by atoms with E-state index in [9.17, 15) is 4.79 Å². The first-order valence-electron chi connectivity index (χ1n) is 6.42. The Bertz CT molecular complexity index is 1010. The SMILES string of the molecule is COC(=O)c1ccc2cn3n(C)c4nccnc4[n+]3c2c1. The molecule has 0 radical (unpaired) electrons. The van der Waals surface area contributed by atoms with Crippen molar-refractivity contribution in [3.63, 3.8) is 0 Å². The topological polar surface area (TPSA) is 65.5 Å². The van der Waals surface area contributed by atoms with Crippen molar-refractivity contribution < 1.29 is 14.0 Å². The van der Waals surface area contributed by atoms with Crippen LogP contribution in [-0.2, 0) is 11.8 Å². The Kier molecular flexibility index (Phi) is 2.26. The summed E-state index contributed by atoms with van der Waals surface area (Å²) in [7, 11) is 3.29. The number of esters is 1. The molecule has 4 aromatic rings. The lowest BCUT2D eigenvalue weighted by Crippen LogP contribution is -2.28. The Hall–Kier alpha value is -2.96. The van der Waals surface area contributed by atoms with E-state index in [0.29, 0.717) is 5.56 Å². The van der Waals surface area contributed by atoms with E-state index in [1.807, 2.05) is 33.1 Å². The van der Waals surface area contributed by atoms with Crippen LogP contribution < -0.4 is 4.52 Å². The number of methoxy groups -OCH3 is 1. The normalized spacial score (nSPS) is 11.5. The molecular formula is C14H12N5O2+. The molecule has 4 rings (SSSR count). The number of aromatic nitrogens is 5. The first kappa shape index (κ1) is 11.8. The highest BCUT2D eigenvalue weighted by Crippen LogP contribution is 2.16. The van der Waals surface area contributed by atoms with Crippen LogP contribution >= 0.6 is 0 Å².